The zero-order valence-electron chi connectivity index (χ0n) is 8.79. The van der Waals surface area contributed by atoms with E-state index in [0.29, 0.717) is 5.92 Å². The van der Waals surface area contributed by atoms with Gasteiger partial charge in [-0.2, -0.15) is 0 Å². The molecule has 1 aromatic heterocycles. The third-order valence-corrected chi connectivity index (χ3v) is 3.97. The average molecular weight is 232 g/mol. The van der Waals surface area contributed by atoms with E-state index in [1.165, 1.54) is 4.88 Å². The van der Waals surface area contributed by atoms with Gasteiger partial charge in [-0.1, -0.05) is 38.3 Å². The minimum atomic E-state index is 0.278. The van der Waals surface area contributed by atoms with E-state index in [1.54, 1.807) is 11.3 Å². The third kappa shape index (κ3) is 3.26. The Morgan fingerprint density at radius 2 is 2.00 bits per heavy atom. The molecule has 1 unspecified atom stereocenters. The van der Waals surface area contributed by atoms with Gasteiger partial charge in [-0.05, 0) is 24.5 Å². The van der Waals surface area contributed by atoms with Crippen molar-refractivity contribution in [2.24, 2.45) is 11.7 Å². The molecule has 0 spiro atoms. The lowest BCUT2D eigenvalue weighted by Gasteiger charge is -2.20. The lowest BCUT2D eigenvalue weighted by Crippen LogP contribution is -2.31. The van der Waals surface area contributed by atoms with Crippen molar-refractivity contribution in [2.75, 3.05) is 0 Å². The van der Waals surface area contributed by atoms with Gasteiger partial charge in [0.15, 0.2) is 0 Å². The van der Waals surface area contributed by atoms with Crippen molar-refractivity contribution in [3.05, 3.63) is 21.3 Å². The molecule has 0 fully saturated rings. The Balaban J connectivity index is 2.51. The molecule has 0 aliphatic carbocycles. The van der Waals surface area contributed by atoms with Crippen LogP contribution in [-0.2, 0) is 6.42 Å². The first-order valence-corrected chi connectivity index (χ1v) is 6.36. The number of nitrogens with two attached hydrogens (primary N) is 1. The van der Waals surface area contributed by atoms with Crippen LogP contribution in [0.2, 0.25) is 4.34 Å². The van der Waals surface area contributed by atoms with Gasteiger partial charge in [-0.15, -0.1) is 11.3 Å². The van der Waals surface area contributed by atoms with E-state index >= 15 is 0 Å². The molecule has 0 saturated carbocycles. The van der Waals surface area contributed by atoms with Crippen LogP contribution in [-0.4, -0.2) is 6.04 Å². The Kier molecular flexibility index (Phi) is 4.93. The molecule has 1 rings (SSSR count). The van der Waals surface area contributed by atoms with Crippen LogP contribution in [0.4, 0.5) is 0 Å². The number of halogens is 1. The molecule has 1 atom stereocenters. The minimum Gasteiger partial charge on any atom is -0.327 e. The molecule has 0 saturated heterocycles. The highest BCUT2D eigenvalue weighted by Gasteiger charge is 2.15. The van der Waals surface area contributed by atoms with Gasteiger partial charge in [-0.3, -0.25) is 0 Å². The van der Waals surface area contributed by atoms with Crippen molar-refractivity contribution in [3.63, 3.8) is 0 Å². The maximum Gasteiger partial charge on any atom is 0.0931 e. The molecule has 2 N–H and O–H groups in total. The molecule has 0 bridgehead atoms. The molecule has 3 heteroatoms. The first kappa shape index (κ1) is 12.0. The molecular weight excluding hydrogens is 214 g/mol. The zero-order chi connectivity index (χ0) is 10.6. The Morgan fingerprint density at radius 1 is 1.36 bits per heavy atom. The summed E-state index contributed by atoms with van der Waals surface area (Å²) >= 11 is 7.51. The molecular formula is C11H18ClNS. The van der Waals surface area contributed by atoms with E-state index in [0.717, 1.165) is 23.6 Å². The molecule has 1 heterocycles. The van der Waals surface area contributed by atoms with Gasteiger partial charge in [0.25, 0.3) is 0 Å². The Bertz CT molecular complexity index is 268. The molecule has 1 nitrogen and oxygen atoms in total. The van der Waals surface area contributed by atoms with Crippen molar-refractivity contribution in [3.8, 4) is 0 Å². The van der Waals surface area contributed by atoms with Crippen molar-refractivity contribution in [2.45, 2.75) is 39.2 Å². The fourth-order valence-electron chi connectivity index (χ4n) is 1.75. The number of rotatable bonds is 5. The largest absolute Gasteiger partial charge is 0.327 e. The summed E-state index contributed by atoms with van der Waals surface area (Å²) in [7, 11) is 0. The molecule has 0 aromatic carbocycles. The third-order valence-electron chi connectivity index (χ3n) is 2.72. The van der Waals surface area contributed by atoms with Crippen LogP contribution in [0.25, 0.3) is 0 Å². The predicted molar refractivity (Wildman–Crippen MR) is 65.1 cm³/mol. The summed E-state index contributed by atoms with van der Waals surface area (Å²) in [6, 6.07) is 4.30. The fraction of sp³-hybridized carbons (Fsp3) is 0.636. The van der Waals surface area contributed by atoms with Crippen molar-refractivity contribution >= 4 is 22.9 Å². The molecule has 14 heavy (non-hydrogen) atoms. The molecule has 0 amide bonds. The first-order chi connectivity index (χ1) is 6.67. The van der Waals surface area contributed by atoms with E-state index in [9.17, 15) is 0 Å². The molecule has 0 radical (unpaired) electrons. The average Bonchev–Trinajstić information content (AvgIpc) is 2.53. The van der Waals surface area contributed by atoms with Crippen LogP contribution in [0.3, 0.4) is 0 Å². The Hall–Kier alpha value is -0.0500. The lowest BCUT2D eigenvalue weighted by molar-refractivity contribution is 0.395. The number of hydrogen-bond acceptors (Lipinski definition) is 2. The van der Waals surface area contributed by atoms with Gasteiger partial charge in [0.2, 0.25) is 0 Å². The van der Waals surface area contributed by atoms with Crippen molar-refractivity contribution in [1.29, 1.82) is 0 Å². The second-order valence-electron chi connectivity index (χ2n) is 3.65. The number of hydrogen-bond donors (Lipinski definition) is 1. The topological polar surface area (TPSA) is 26.0 Å². The first-order valence-electron chi connectivity index (χ1n) is 5.17. The van der Waals surface area contributed by atoms with Crippen LogP contribution in [0.5, 0.6) is 0 Å². The van der Waals surface area contributed by atoms with Crippen LogP contribution in [0.1, 0.15) is 31.6 Å². The van der Waals surface area contributed by atoms with Gasteiger partial charge in [0.1, 0.15) is 0 Å². The highest BCUT2D eigenvalue weighted by Crippen LogP contribution is 2.24. The molecule has 1 aromatic rings. The summed E-state index contributed by atoms with van der Waals surface area (Å²) in [5.74, 6) is 0.635. The van der Waals surface area contributed by atoms with E-state index in [4.69, 9.17) is 17.3 Å². The van der Waals surface area contributed by atoms with Gasteiger partial charge in [0.05, 0.1) is 4.34 Å². The predicted octanol–water partition coefficient (Wildman–Crippen LogP) is 3.71. The normalized spacial score (nSPS) is 13.5. The van der Waals surface area contributed by atoms with Crippen LogP contribution in [0.15, 0.2) is 12.1 Å². The SMILES string of the molecule is CCC(CC)C(N)Cc1ccc(Cl)s1. The maximum absolute atomic E-state index is 6.14. The summed E-state index contributed by atoms with van der Waals surface area (Å²) in [5.41, 5.74) is 6.14. The lowest BCUT2D eigenvalue weighted by atomic mass is 9.92. The van der Waals surface area contributed by atoms with Gasteiger partial charge < -0.3 is 5.73 Å². The van der Waals surface area contributed by atoms with Crippen LogP contribution >= 0.6 is 22.9 Å². The zero-order valence-corrected chi connectivity index (χ0v) is 10.4. The van der Waals surface area contributed by atoms with Crippen LogP contribution < -0.4 is 5.73 Å². The van der Waals surface area contributed by atoms with Gasteiger partial charge in [-0.25, -0.2) is 0 Å². The van der Waals surface area contributed by atoms with E-state index in [1.807, 2.05) is 6.07 Å². The molecule has 80 valence electrons. The second kappa shape index (κ2) is 5.74. The van der Waals surface area contributed by atoms with E-state index < -0.39 is 0 Å². The highest BCUT2D eigenvalue weighted by molar-refractivity contribution is 7.16. The molecule has 0 aliphatic rings. The van der Waals surface area contributed by atoms with Gasteiger partial charge >= 0.3 is 0 Å². The monoisotopic (exact) mass is 231 g/mol. The standard InChI is InChI=1S/C11H18ClNS/c1-3-8(4-2)10(13)7-9-5-6-11(12)14-9/h5-6,8,10H,3-4,7,13H2,1-2H3. The van der Waals surface area contributed by atoms with Gasteiger partial charge in [0, 0.05) is 10.9 Å². The molecule has 0 aliphatic heterocycles. The van der Waals surface area contributed by atoms with Crippen LogP contribution in [0, 0.1) is 5.92 Å². The minimum absolute atomic E-state index is 0.278. The summed E-state index contributed by atoms with van der Waals surface area (Å²) in [4.78, 5) is 1.30. The Morgan fingerprint density at radius 3 is 2.43 bits per heavy atom. The fourth-order valence-corrected chi connectivity index (χ4v) is 2.91. The van der Waals surface area contributed by atoms with E-state index in [-0.39, 0.29) is 6.04 Å². The Labute approximate surface area is 95.3 Å². The van der Waals surface area contributed by atoms with Crippen molar-refractivity contribution < 1.29 is 0 Å². The highest BCUT2D eigenvalue weighted by atomic mass is 35.5. The van der Waals surface area contributed by atoms with E-state index in [2.05, 4.69) is 19.9 Å². The summed E-state index contributed by atoms with van der Waals surface area (Å²) in [6.07, 6.45) is 3.29. The smallest absolute Gasteiger partial charge is 0.0931 e. The summed E-state index contributed by atoms with van der Waals surface area (Å²) in [6.45, 7) is 4.41. The number of thiophene rings is 1. The van der Waals surface area contributed by atoms with Crippen molar-refractivity contribution in [1.82, 2.24) is 0 Å². The maximum atomic E-state index is 6.14. The second-order valence-corrected chi connectivity index (χ2v) is 5.45. The summed E-state index contributed by atoms with van der Waals surface area (Å²) in [5, 5.41) is 0. The summed E-state index contributed by atoms with van der Waals surface area (Å²) < 4.78 is 0.858. The quantitative estimate of drug-likeness (QED) is 0.822.